The van der Waals surface area contributed by atoms with Crippen LogP contribution in [0.1, 0.15) is 26.5 Å². The van der Waals surface area contributed by atoms with Crippen molar-refractivity contribution in [1.82, 2.24) is 0 Å². The first-order valence-electron chi connectivity index (χ1n) is 8.47. The van der Waals surface area contributed by atoms with E-state index in [-0.39, 0.29) is 11.3 Å². The van der Waals surface area contributed by atoms with Crippen LogP contribution in [0, 0.1) is 11.3 Å². The smallest absolute Gasteiger partial charge is 0.338 e. The Labute approximate surface area is 165 Å². The quantitative estimate of drug-likeness (QED) is 0.625. The van der Waals surface area contributed by atoms with Crippen molar-refractivity contribution in [3.05, 3.63) is 83.8 Å². The van der Waals surface area contributed by atoms with Crippen LogP contribution in [0.4, 0.5) is 11.4 Å². The number of rotatable bonds is 6. The summed E-state index contributed by atoms with van der Waals surface area (Å²) in [5.41, 5.74) is 1.53. The van der Waals surface area contributed by atoms with Crippen LogP contribution in [0.15, 0.2) is 71.3 Å². The Balaban J connectivity index is 1.50. The lowest BCUT2D eigenvalue weighted by Gasteiger charge is -2.08. The molecular weight excluding hydrogens is 374 g/mol. The molecule has 0 atom stereocenters. The molecule has 8 nitrogen and oxygen atoms in total. The van der Waals surface area contributed by atoms with Gasteiger partial charge in [-0.2, -0.15) is 5.26 Å². The zero-order valence-electron chi connectivity index (χ0n) is 15.0. The maximum atomic E-state index is 12.1. The Morgan fingerprint density at radius 2 is 1.76 bits per heavy atom. The second kappa shape index (κ2) is 9.01. The van der Waals surface area contributed by atoms with Crippen molar-refractivity contribution in [3.8, 4) is 6.07 Å². The van der Waals surface area contributed by atoms with Gasteiger partial charge in [0, 0.05) is 11.4 Å². The molecule has 1 heterocycles. The standard InChI is InChI=1S/C21H15N3O5/c22-12-14-3-1-4-17(11-14)23-19(25)13-29-21(27)15-6-8-16(9-7-15)24-20(26)18-5-2-10-28-18/h1-11H,13H2,(H,23,25)(H,24,26). The van der Waals surface area contributed by atoms with Gasteiger partial charge >= 0.3 is 5.97 Å². The molecule has 1 aromatic heterocycles. The summed E-state index contributed by atoms with van der Waals surface area (Å²) >= 11 is 0. The van der Waals surface area contributed by atoms with Crippen LogP contribution in [0.25, 0.3) is 0 Å². The van der Waals surface area contributed by atoms with Gasteiger partial charge in [0.15, 0.2) is 12.4 Å². The van der Waals surface area contributed by atoms with E-state index in [1.807, 2.05) is 6.07 Å². The number of carbonyl (C=O) groups is 3. The Morgan fingerprint density at radius 1 is 0.966 bits per heavy atom. The van der Waals surface area contributed by atoms with Gasteiger partial charge < -0.3 is 19.8 Å². The molecule has 0 aliphatic heterocycles. The minimum Gasteiger partial charge on any atom is -0.459 e. The van der Waals surface area contributed by atoms with E-state index in [4.69, 9.17) is 14.4 Å². The van der Waals surface area contributed by atoms with E-state index in [1.165, 1.54) is 42.7 Å². The molecule has 0 saturated carbocycles. The Bertz CT molecular complexity index is 1070. The van der Waals surface area contributed by atoms with Gasteiger partial charge in [0.1, 0.15) is 0 Å². The largest absolute Gasteiger partial charge is 0.459 e. The van der Waals surface area contributed by atoms with Gasteiger partial charge in [-0.15, -0.1) is 0 Å². The average molecular weight is 389 g/mol. The first kappa shape index (κ1) is 19.4. The number of nitrogens with zero attached hydrogens (tertiary/aromatic N) is 1. The number of benzene rings is 2. The van der Waals surface area contributed by atoms with E-state index in [0.29, 0.717) is 16.9 Å². The number of ether oxygens (including phenoxy) is 1. The fourth-order valence-electron chi connectivity index (χ4n) is 2.37. The summed E-state index contributed by atoms with van der Waals surface area (Å²) in [6.07, 6.45) is 1.39. The van der Waals surface area contributed by atoms with E-state index >= 15 is 0 Å². The molecule has 3 rings (SSSR count). The molecule has 0 unspecified atom stereocenters. The van der Waals surface area contributed by atoms with E-state index in [9.17, 15) is 14.4 Å². The molecule has 2 N–H and O–H groups in total. The van der Waals surface area contributed by atoms with Gasteiger partial charge in [0.05, 0.1) is 23.5 Å². The predicted molar refractivity (Wildman–Crippen MR) is 103 cm³/mol. The molecule has 29 heavy (non-hydrogen) atoms. The first-order chi connectivity index (χ1) is 14.0. The van der Waals surface area contributed by atoms with E-state index < -0.39 is 24.4 Å². The topological polar surface area (TPSA) is 121 Å². The molecule has 2 amide bonds. The normalized spacial score (nSPS) is 9.90. The first-order valence-corrected chi connectivity index (χ1v) is 8.47. The highest BCUT2D eigenvalue weighted by atomic mass is 16.5. The van der Waals surface area contributed by atoms with Crippen molar-refractivity contribution < 1.29 is 23.5 Å². The second-order valence-corrected chi connectivity index (χ2v) is 5.83. The van der Waals surface area contributed by atoms with E-state index in [2.05, 4.69) is 10.6 Å². The number of nitriles is 1. The molecule has 0 bridgehead atoms. The van der Waals surface area contributed by atoms with Crippen molar-refractivity contribution in [1.29, 1.82) is 5.26 Å². The third-order valence-corrected chi connectivity index (χ3v) is 3.73. The molecule has 0 fully saturated rings. The van der Waals surface area contributed by atoms with E-state index in [0.717, 1.165) is 0 Å². The molecule has 3 aromatic rings. The summed E-state index contributed by atoms with van der Waals surface area (Å²) in [6.45, 7) is -0.480. The maximum Gasteiger partial charge on any atom is 0.338 e. The van der Waals surface area contributed by atoms with E-state index in [1.54, 1.807) is 24.3 Å². The van der Waals surface area contributed by atoms with Crippen molar-refractivity contribution in [2.45, 2.75) is 0 Å². The van der Waals surface area contributed by atoms with Gasteiger partial charge in [-0.25, -0.2) is 4.79 Å². The highest BCUT2D eigenvalue weighted by Crippen LogP contribution is 2.13. The average Bonchev–Trinajstić information content (AvgIpc) is 3.28. The van der Waals surface area contributed by atoms with Gasteiger partial charge in [-0.1, -0.05) is 6.07 Å². The van der Waals surface area contributed by atoms with Crippen LogP contribution < -0.4 is 10.6 Å². The highest BCUT2D eigenvalue weighted by molar-refractivity contribution is 6.02. The van der Waals surface area contributed by atoms with Crippen LogP contribution in [-0.4, -0.2) is 24.4 Å². The minimum atomic E-state index is -0.685. The monoisotopic (exact) mass is 389 g/mol. The molecular formula is C21H15N3O5. The Kier molecular flexibility index (Phi) is 6.02. The molecule has 0 spiro atoms. The molecule has 2 aromatic carbocycles. The zero-order valence-corrected chi connectivity index (χ0v) is 15.0. The lowest BCUT2D eigenvalue weighted by atomic mass is 10.2. The molecule has 0 aliphatic carbocycles. The lowest BCUT2D eigenvalue weighted by Crippen LogP contribution is -2.21. The summed E-state index contributed by atoms with van der Waals surface area (Å²) in [5.74, 6) is -1.46. The summed E-state index contributed by atoms with van der Waals surface area (Å²) < 4.78 is 9.98. The van der Waals surface area contributed by atoms with Gasteiger partial charge in [-0.05, 0) is 54.6 Å². The minimum absolute atomic E-state index is 0.166. The number of hydrogen-bond donors (Lipinski definition) is 2. The van der Waals surface area contributed by atoms with Crippen LogP contribution in [-0.2, 0) is 9.53 Å². The molecule has 0 radical (unpaired) electrons. The number of amides is 2. The highest BCUT2D eigenvalue weighted by Gasteiger charge is 2.12. The summed E-state index contributed by atoms with van der Waals surface area (Å²) in [4.78, 5) is 35.9. The van der Waals surface area contributed by atoms with Gasteiger partial charge in [0.2, 0.25) is 0 Å². The summed E-state index contributed by atoms with van der Waals surface area (Å²) in [5, 5.41) is 14.0. The maximum absolute atomic E-state index is 12.1. The van der Waals surface area contributed by atoms with Gasteiger partial charge in [0.25, 0.3) is 11.8 Å². The van der Waals surface area contributed by atoms with Crippen molar-refractivity contribution in [2.24, 2.45) is 0 Å². The fraction of sp³-hybridized carbons (Fsp3) is 0.0476. The number of anilines is 2. The van der Waals surface area contributed by atoms with Gasteiger partial charge in [-0.3, -0.25) is 9.59 Å². The molecule has 144 valence electrons. The number of nitrogens with one attached hydrogen (secondary N) is 2. The zero-order chi connectivity index (χ0) is 20.6. The van der Waals surface area contributed by atoms with Crippen molar-refractivity contribution >= 4 is 29.2 Å². The Morgan fingerprint density at radius 3 is 2.45 bits per heavy atom. The van der Waals surface area contributed by atoms with Crippen LogP contribution >= 0.6 is 0 Å². The SMILES string of the molecule is N#Cc1cccc(NC(=O)COC(=O)c2ccc(NC(=O)c3ccco3)cc2)c1. The number of carbonyl (C=O) groups excluding carboxylic acids is 3. The number of furan rings is 1. The van der Waals surface area contributed by atoms with Crippen molar-refractivity contribution in [2.75, 3.05) is 17.2 Å². The Hall–Kier alpha value is -4.38. The third kappa shape index (κ3) is 5.30. The van der Waals surface area contributed by atoms with Crippen molar-refractivity contribution in [3.63, 3.8) is 0 Å². The number of hydrogen-bond acceptors (Lipinski definition) is 6. The van der Waals surface area contributed by atoms with Crippen LogP contribution in [0.3, 0.4) is 0 Å². The molecule has 0 aliphatic rings. The second-order valence-electron chi connectivity index (χ2n) is 5.83. The number of esters is 1. The lowest BCUT2D eigenvalue weighted by molar-refractivity contribution is -0.119. The fourth-order valence-corrected chi connectivity index (χ4v) is 2.37. The molecule has 0 saturated heterocycles. The van der Waals surface area contributed by atoms with Crippen LogP contribution in [0.2, 0.25) is 0 Å². The molecule has 8 heteroatoms. The third-order valence-electron chi connectivity index (χ3n) is 3.73. The summed E-state index contributed by atoms with van der Waals surface area (Å²) in [6, 6.07) is 17.5. The predicted octanol–water partition coefficient (Wildman–Crippen LogP) is 3.20. The van der Waals surface area contributed by atoms with Crippen LogP contribution in [0.5, 0.6) is 0 Å². The summed E-state index contributed by atoms with van der Waals surface area (Å²) in [7, 11) is 0.